The molecule has 0 spiro atoms. The Morgan fingerprint density at radius 1 is 1.33 bits per heavy atom. The van der Waals surface area contributed by atoms with E-state index in [1.165, 1.54) is 25.3 Å². The van der Waals surface area contributed by atoms with Crippen LogP contribution in [0.15, 0.2) is 30.6 Å². The molecule has 0 aliphatic heterocycles. The Morgan fingerprint density at radius 3 is 2.57 bits per heavy atom. The zero-order chi connectivity index (χ0) is 15.6. The van der Waals surface area contributed by atoms with Crippen molar-refractivity contribution in [2.45, 2.75) is 12.7 Å². The summed E-state index contributed by atoms with van der Waals surface area (Å²) in [4.78, 5) is 0. The topological polar surface area (TPSA) is 67.5 Å². The van der Waals surface area contributed by atoms with Crippen molar-refractivity contribution in [1.29, 1.82) is 0 Å². The smallest absolute Gasteiger partial charge is 0.488 e. The molecule has 0 unspecified atom stereocenters. The SMILES string of the molecule is COc1ccc(B(O)O)cc1Cn1cc(C(F)(F)F)cn1. The van der Waals surface area contributed by atoms with Crippen molar-refractivity contribution in [2.24, 2.45) is 0 Å². The summed E-state index contributed by atoms with van der Waals surface area (Å²) in [7, 11) is -0.254. The molecular weight excluding hydrogens is 288 g/mol. The highest BCUT2D eigenvalue weighted by Crippen LogP contribution is 2.28. The number of ether oxygens (including phenoxy) is 1. The molecule has 0 saturated carbocycles. The molecular formula is C12H12BF3N2O3. The van der Waals surface area contributed by atoms with E-state index in [1.807, 2.05) is 0 Å². The second-order valence-corrected chi connectivity index (χ2v) is 4.37. The van der Waals surface area contributed by atoms with E-state index >= 15 is 0 Å². The molecule has 1 aromatic heterocycles. The summed E-state index contributed by atoms with van der Waals surface area (Å²) >= 11 is 0. The fourth-order valence-electron chi connectivity index (χ4n) is 1.85. The Labute approximate surface area is 118 Å². The highest BCUT2D eigenvalue weighted by atomic mass is 19.4. The fraction of sp³-hybridized carbons (Fsp3) is 0.250. The van der Waals surface area contributed by atoms with E-state index in [0.29, 0.717) is 11.3 Å². The molecule has 5 nitrogen and oxygen atoms in total. The summed E-state index contributed by atoms with van der Waals surface area (Å²) in [5.41, 5.74) is -0.145. The van der Waals surface area contributed by atoms with Crippen molar-refractivity contribution in [3.63, 3.8) is 0 Å². The lowest BCUT2D eigenvalue weighted by Gasteiger charge is -2.11. The van der Waals surface area contributed by atoms with Crippen LogP contribution in [0.5, 0.6) is 5.75 Å². The lowest BCUT2D eigenvalue weighted by atomic mass is 9.79. The Hall–Kier alpha value is -2.00. The van der Waals surface area contributed by atoms with E-state index in [-0.39, 0.29) is 12.0 Å². The van der Waals surface area contributed by atoms with Gasteiger partial charge in [0.25, 0.3) is 0 Å². The van der Waals surface area contributed by atoms with Crippen LogP contribution in [0.2, 0.25) is 0 Å². The number of aromatic nitrogens is 2. The van der Waals surface area contributed by atoms with Crippen molar-refractivity contribution in [3.05, 3.63) is 41.7 Å². The minimum atomic E-state index is -4.45. The van der Waals surface area contributed by atoms with E-state index < -0.39 is 18.9 Å². The molecule has 0 saturated heterocycles. The van der Waals surface area contributed by atoms with Gasteiger partial charge in [0.2, 0.25) is 0 Å². The zero-order valence-electron chi connectivity index (χ0n) is 11.0. The lowest BCUT2D eigenvalue weighted by molar-refractivity contribution is -0.137. The van der Waals surface area contributed by atoms with Gasteiger partial charge in [-0.25, -0.2) is 0 Å². The molecule has 9 heteroatoms. The number of hydrogen-bond acceptors (Lipinski definition) is 4. The summed E-state index contributed by atoms with van der Waals surface area (Å²) in [5, 5.41) is 21.9. The van der Waals surface area contributed by atoms with Crippen molar-refractivity contribution in [2.75, 3.05) is 7.11 Å². The zero-order valence-corrected chi connectivity index (χ0v) is 11.0. The number of rotatable bonds is 4. The third-order valence-corrected chi connectivity index (χ3v) is 2.90. The monoisotopic (exact) mass is 300 g/mol. The van der Waals surface area contributed by atoms with Gasteiger partial charge >= 0.3 is 13.3 Å². The maximum Gasteiger partial charge on any atom is 0.488 e. The molecule has 2 N–H and O–H groups in total. The van der Waals surface area contributed by atoms with Gasteiger partial charge < -0.3 is 14.8 Å². The number of alkyl halides is 3. The minimum Gasteiger partial charge on any atom is -0.496 e. The second-order valence-electron chi connectivity index (χ2n) is 4.37. The highest BCUT2D eigenvalue weighted by Gasteiger charge is 2.32. The van der Waals surface area contributed by atoms with Crippen molar-refractivity contribution in [1.82, 2.24) is 9.78 Å². The Bertz CT molecular complexity index is 628. The molecule has 1 aromatic carbocycles. The second kappa shape index (κ2) is 5.78. The van der Waals surface area contributed by atoms with E-state index in [1.54, 1.807) is 0 Å². The minimum absolute atomic E-state index is 0.0137. The molecule has 0 fully saturated rings. The molecule has 0 aliphatic rings. The van der Waals surface area contributed by atoms with Gasteiger partial charge in [-0.05, 0) is 11.5 Å². The van der Waals surface area contributed by atoms with Gasteiger partial charge in [-0.1, -0.05) is 12.1 Å². The highest BCUT2D eigenvalue weighted by molar-refractivity contribution is 6.58. The Morgan fingerprint density at radius 2 is 2.05 bits per heavy atom. The van der Waals surface area contributed by atoms with E-state index in [4.69, 9.17) is 14.8 Å². The van der Waals surface area contributed by atoms with Gasteiger partial charge in [-0.15, -0.1) is 0 Å². The number of nitrogens with zero attached hydrogens (tertiary/aromatic N) is 2. The summed E-state index contributed by atoms with van der Waals surface area (Å²) in [5.74, 6) is 0.420. The molecule has 1 heterocycles. The normalized spacial score (nSPS) is 11.5. The first-order chi connectivity index (χ1) is 9.81. The first-order valence-electron chi connectivity index (χ1n) is 5.94. The van der Waals surface area contributed by atoms with Crippen LogP contribution in [0, 0.1) is 0 Å². The maximum absolute atomic E-state index is 12.5. The van der Waals surface area contributed by atoms with Gasteiger partial charge in [0.15, 0.2) is 0 Å². The molecule has 112 valence electrons. The van der Waals surface area contributed by atoms with E-state index in [2.05, 4.69) is 5.10 Å². The van der Waals surface area contributed by atoms with Gasteiger partial charge in [0, 0.05) is 11.8 Å². The van der Waals surface area contributed by atoms with Gasteiger partial charge in [0.1, 0.15) is 5.75 Å². The van der Waals surface area contributed by atoms with Crippen LogP contribution < -0.4 is 10.2 Å². The molecule has 0 atom stereocenters. The summed E-state index contributed by atoms with van der Waals surface area (Å²) < 4.78 is 43.7. The molecule has 0 amide bonds. The quantitative estimate of drug-likeness (QED) is 0.813. The van der Waals surface area contributed by atoms with E-state index in [9.17, 15) is 13.2 Å². The molecule has 0 radical (unpaired) electrons. The molecule has 0 aliphatic carbocycles. The third kappa shape index (κ3) is 3.56. The van der Waals surface area contributed by atoms with Gasteiger partial charge in [-0.2, -0.15) is 18.3 Å². The Balaban J connectivity index is 2.29. The van der Waals surface area contributed by atoms with Gasteiger partial charge in [-0.3, -0.25) is 4.68 Å². The van der Waals surface area contributed by atoms with Crippen LogP contribution in [0.3, 0.4) is 0 Å². The van der Waals surface area contributed by atoms with Crippen LogP contribution in [0.25, 0.3) is 0 Å². The van der Waals surface area contributed by atoms with Gasteiger partial charge in [0.05, 0.1) is 25.4 Å². The summed E-state index contributed by atoms with van der Waals surface area (Å²) in [6.45, 7) is 0.0137. The molecule has 2 aromatic rings. The first kappa shape index (κ1) is 15.4. The van der Waals surface area contributed by atoms with Crippen molar-refractivity contribution >= 4 is 12.6 Å². The predicted molar refractivity (Wildman–Crippen MR) is 69.2 cm³/mol. The predicted octanol–water partition coefficient (Wildman–Crippen LogP) is 0.639. The average Bonchev–Trinajstić information content (AvgIpc) is 2.87. The van der Waals surface area contributed by atoms with E-state index in [0.717, 1.165) is 17.1 Å². The number of halogens is 3. The first-order valence-corrected chi connectivity index (χ1v) is 5.94. The molecule has 0 bridgehead atoms. The van der Waals surface area contributed by atoms with Crippen molar-refractivity contribution < 1.29 is 28.0 Å². The summed E-state index contributed by atoms with van der Waals surface area (Å²) in [6.07, 6.45) is -2.84. The standard InChI is InChI=1S/C12H12BF3N2O3/c1-21-11-3-2-10(13(19)20)4-8(11)6-18-7-9(5-17-18)12(14,15)16/h2-5,7,19-20H,6H2,1H3. The average molecular weight is 300 g/mol. The number of hydrogen-bond donors (Lipinski definition) is 2. The number of methoxy groups -OCH3 is 1. The van der Waals surface area contributed by atoms with Crippen LogP contribution in [0.1, 0.15) is 11.1 Å². The largest absolute Gasteiger partial charge is 0.496 e. The molecule has 2 rings (SSSR count). The lowest BCUT2D eigenvalue weighted by Crippen LogP contribution is -2.30. The van der Waals surface area contributed by atoms with Crippen LogP contribution in [-0.4, -0.2) is 34.1 Å². The fourth-order valence-corrected chi connectivity index (χ4v) is 1.85. The van der Waals surface area contributed by atoms with Crippen LogP contribution >= 0.6 is 0 Å². The van der Waals surface area contributed by atoms with Crippen LogP contribution in [0.4, 0.5) is 13.2 Å². The summed E-state index contributed by atoms with van der Waals surface area (Å²) in [6, 6.07) is 4.41. The van der Waals surface area contributed by atoms with Crippen molar-refractivity contribution in [3.8, 4) is 5.75 Å². The molecule has 21 heavy (non-hydrogen) atoms. The maximum atomic E-state index is 12.5. The van der Waals surface area contributed by atoms with Crippen LogP contribution in [-0.2, 0) is 12.7 Å². The number of benzene rings is 1. The third-order valence-electron chi connectivity index (χ3n) is 2.90. The Kier molecular flexibility index (Phi) is 4.24.